The summed E-state index contributed by atoms with van der Waals surface area (Å²) in [6.07, 6.45) is 1.09. The molecule has 0 amide bonds. The molecule has 0 radical (unpaired) electrons. The summed E-state index contributed by atoms with van der Waals surface area (Å²) < 4.78 is 4.97. The van der Waals surface area contributed by atoms with E-state index in [2.05, 4.69) is 24.1 Å². The third-order valence-corrected chi connectivity index (χ3v) is 3.35. The fourth-order valence-electron chi connectivity index (χ4n) is 1.33. The van der Waals surface area contributed by atoms with E-state index >= 15 is 0 Å². The van der Waals surface area contributed by atoms with Crippen molar-refractivity contribution in [3.63, 3.8) is 0 Å². The maximum absolute atomic E-state index is 11.6. The van der Waals surface area contributed by atoms with Gasteiger partial charge in [-0.05, 0) is 26.2 Å². The van der Waals surface area contributed by atoms with E-state index in [9.17, 15) is 4.79 Å². The number of rotatable bonds is 6. The predicted octanol–water partition coefficient (Wildman–Crippen LogP) is 3.09. The van der Waals surface area contributed by atoms with Crippen LogP contribution in [0.2, 0.25) is 0 Å². The van der Waals surface area contributed by atoms with Crippen LogP contribution in [0.5, 0.6) is 0 Å². The van der Waals surface area contributed by atoms with Gasteiger partial charge in [0, 0.05) is 6.54 Å². The van der Waals surface area contributed by atoms with Crippen molar-refractivity contribution < 1.29 is 9.53 Å². The number of anilines is 1. The molecule has 1 aromatic heterocycles. The monoisotopic (exact) mass is 256 g/mol. The first-order chi connectivity index (χ1) is 8.04. The maximum Gasteiger partial charge on any atom is 0.350 e. The molecule has 0 aliphatic rings. The number of aromatic nitrogens is 1. The second-order valence-corrected chi connectivity index (χ2v) is 5.26. The number of ether oxygens (including phenoxy) is 1. The lowest BCUT2D eigenvalue weighted by atomic mass is 10.1. The molecule has 0 unspecified atom stereocenters. The highest BCUT2D eigenvalue weighted by Crippen LogP contribution is 2.23. The van der Waals surface area contributed by atoms with Crippen LogP contribution in [0.3, 0.4) is 0 Å². The zero-order valence-corrected chi connectivity index (χ0v) is 11.7. The summed E-state index contributed by atoms with van der Waals surface area (Å²) in [6, 6.07) is 0. The van der Waals surface area contributed by atoms with Crippen molar-refractivity contribution >= 4 is 22.4 Å². The van der Waals surface area contributed by atoms with Gasteiger partial charge in [-0.2, -0.15) is 0 Å². The van der Waals surface area contributed by atoms with Gasteiger partial charge in [0.2, 0.25) is 0 Å². The van der Waals surface area contributed by atoms with Gasteiger partial charge in [0.15, 0.2) is 5.13 Å². The number of aryl methyl sites for hydroxylation is 1. The molecule has 0 bridgehead atoms. The van der Waals surface area contributed by atoms with Crippen molar-refractivity contribution in [3.05, 3.63) is 10.6 Å². The number of hydrogen-bond donors (Lipinski definition) is 1. The van der Waals surface area contributed by atoms with Crippen LogP contribution >= 0.6 is 11.3 Å². The van der Waals surface area contributed by atoms with Crippen LogP contribution in [0.1, 0.15) is 42.6 Å². The smallest absolute Gasteiger partial charge is 0.350 e. The van der Waals surface area contributed by atoms with Gasteiger partial charge in [-0.25, -0.2) is 9.78 Å². The van der Waals surface area contributed by atoms with Crippen LogP contribution in [0.4, 0.5) is 5.13 Å². The molecule has 0 spiro atoms. The molecular formula is C12H20N2O2S. The van der Waals surface area contributed by atoms with E-state index in [1.807, 2.05) is 6.92 Å². The Bertz CT molecular complexity index is 375. The SMILES string of the molecule is CCOC(=O)c1sc(NCCC(C)C)nc1C. The number of nitrogens with zero attached hydrogens (tertiary/aromatic N) is 1. The van der Waals surface area contributed by atoms with E-state index in [1.54, 1.807) is 6.92 Å². The molecule has 1 rings (SSSR count). The zero-order valence-electron chi connectivity index (χ0n) is 10.9. The average molecular weight is 256 g/mol. The Morgan fingerprint density at radius 1 is 1.53 bits per heavy atom. The first-order valence-corrected chi connectivity index (χ1v) is 6.74. The van der Waals surface area contributed by atoms with E-state index in [4.69, 9.17) is 4.74 Å². The molecule has 0 saturated carbocycles. The van der Waals surface area contributed by atoms with Gasteiger partial charge in [0.1, 0.15) is 4.88 Å². The van der Waals surface area contributed by atoms with E-state index in [-0.39, 0.29) is 5.97 Å². The Hall–Kier alpha value is -1.10. The summed E-state index contributed by atoms with van der Waals surface area (Å²) in [5.41, 5.74) is 0.737. The van der Waals surface area contributed by atoms with Gasteiger partial charge < -0.3 is 10.1 Å². The number of nitrogens with one attached hydrogen (secondary N) is 1. The summed E-state index contributed by atoms with van der Waals surface area (Å²) >= 11 is 1.36. The van der Waals surface area contributed by atoms with Gasteiger partial charge in [-0.3, -0.25) is 0 Å². The van der Waals surface area contributed by atoms with Crippen molar-refractivity contribution in [2.24, 2.45) is 5.92 Å². The fourth-order valence-corrected chi connectivity index (χ4v) is 2.21. The van der Waals surface area contributed by atoms with E-state index in [0.29, 0.717) is 17.4 Å². The second-order valence-electron chi connectivity index (χ2n) is 4.26. The summed E-state index contributed by atoms with van der Waals surface area (Å²) in [5, 5.41) is 4.03. The highest BCUT2D eigenvalue weighted by Gasteiger charge is 2.15. The number of carbonyl (C=O) groups excluding carboxylic acids is 1. The Balaban J connectivity index is 2.58. The number of thiazole rings is 1. The highest BCUT2D eigenvalue weighted by atomic mass is 32.1. The average Bonchev–Trinajstić information content (AvgIpc) is 2.59. The third kappa shape index (κ3) is 4.34. The summed E-state index contributed by atoms with van der Waals surface area (Å²) in [4.78, 5) is 16.5. The number of hydrogen-bond acceptors (Lipinski definition) is 5. The Labute approximate surface area is 106 Å². The Kier molecular flexibility index (Phi) is 5.41. The fraction of sp³-hybridized carbons (Fsp3) is 0.667. The van der Waals surface area contributed by atoms with Crippen LogP contribution in [-0.4, -0.2) is 24.1 Å². The Morgan fingerprint density at radius 3 is 2.82 bits per heavy atom. The van der Waals surface area contributed by atoms with E-state index in [0.717, 1.165) is 23.8 Å². The van der Waals surface area contributed by atoms with Crippen molar-refractivity contribution in [1.29, 1.82) is 0 Å². The molecule has 96 valence electrons. The minimum absolute atomic E-state index is 0.278. The van der Waals surface area contributed by atoms with Crippen LogP contribution in [0, 0.1) is 12.8 Å². The lowest BCUT2D eigenvalue weighted by Gasteiger charge is -2.04. The molecule has 0 aromatic carbocycles. The summed E-state index contributed by atoms with van der Waals surface area (Å²) in [6.45, 7) is 9.27. The predicted molar refractivity (Wildman–Crippen MR) is 70.8 cm³/mol. The third-order valence-electron chi connectivity index (χ3n) is 2.26. The largest absolute Gasteiger partial charge is 0.462 e. The highest BCUT2D eigenvalue weighted by molar-refractivity contribution is 7.17. The topological polar surface area (TPSA) is 51.2 Å². The van der Waals surface area contributed by atoms with Gasteiger partial charge >= 0.3 is 5.97 Å². The van der Waals surface area contributed by atoms with Crippen LogP contribution in [0.25, 0.3) is 0 Å². The second kappa shape index (κ2) is 6.59. The Morgan fingerprint density at radius 2 is 2.24 bits per heavy atom. The minimum Gasteiger partial charge on any atom is -0.462 e. The van der Waals surface area contributed by atoms with Crippen LogP contribution in [-0.2, 0) is 4.74 Å². The number of carbonyl (C=O) groups is 1. The van der Waals surface area contributed by atoms with Crippen molar-refractivity contribution in [1.82, 2.24) is 4.98 Å². The number of esters is 1. The van der Waals surface area contributed by atoms with E-state index < -0.39 is 0 Å². The first-order valence-electron chi connectivity index (χ1n) is 5.93. The molecule has 1 aromatic rings. The molecule has 0 saturated heterocycles. The van der Waals surface area contributed by atoms with E-state index in [1.165, 1.54) is 11.3 Å². The zero-order chi connectivity index (χ0) is 12.8. The molecule has 0 aliphatic heterocycles. The van der Waals surface area contributed by atoms with Crippen LogP contribution < -0.4 is 5.32 Å². The minimum atomic E-state index is -0.278. The summed E-state index contributed by atoms with van der Waals surface area (Å²) in [7, 11) is 0. The summed E-state index contributed by atoms with van der Waals surface area (Å²) in [5.74, 6) is 0.382. The molecular weight excluding hydrogens is 236 g/mol. The van der Waals surface area contributed by atoms with Gasteiger partial charge in [-0.1, -0.05) is 25.2 Å². The lowest BCUT2D eigenvalue weighted by Crippen LogP contribution is -2.04. The molecule has 17 heavy (non-hydrogen) atoms. The van der Waals surface area contributed by atoms with Gasteiger partial charge in [0.25, 0.3) is 0 Å². The van der Waals surface area contributed by atoms with Crippen molar-refractivity contribution in [2.75, 3.05) is 18.5 Å². The molecule has 1 N–H and O–H groups in total. The lowest BCUT2D eigenvalue weighted by molar-refractivity contribution is 0.0531. The molecule has 5 heteroatoms. The first kappa shape index (κ1) is 14.0. The van der Waals surface area contributed by atoms with Crippen molar-refractivity contribution in [3.8, 4) is 0 Å². The maximum atomic E-state index is 11.6. The van der Waals surface area contributed by atoms with Gasteiger partial charge in [-0.15, -0.1) is 0 Å². The standard InChI is InChI=1S/C12H20N2O2S/c1-5-16-11(15)10-9(4)14-12(17-10)13-7-6-8(2)3/h8H,5-7H2,1-4H3,(H,13,14). The molecule has 0 atom stereocenters. The quantitative estimate of drug-likeness (QED) is 0.795. The van der Waals surface area contributed by atoms with Crippen molar-refractivity contribution in [2.45, 2.75) is 34.1 Å². The molecule has 0 aliphatic carbocycles. The molecule has 4 nitrogen and oxygen atoms in total. The van der Waals surface area contributed by atoms with Crippen LogP contribution in [0.15, 0.2) is 0 Å². The molecule has 1 heterocycles. The molecule has 0 fully saturated rings. The normalized spacial score (nSPS) is 10.6. The van der Waals surface area contributed by atoms with Gasteiger partial charge in [0.05, 0.1) is 12.3 Å².